The molecule has 4 rings (SSSR count). The second-order valence-corrected chi connectivity index (χ2v) is 8.94. The van der Waals surface area contributed by atoms with Crippen molar-refractivity contribution in [2.24, 2.45) is 23.2 Å². The topological polar surface area (TPSA) is 97.7 Å². The van der Waals surface area contributed by atoms with Gasteiger partial charge in [0, 0.05) is 11.8 Å². The Kier molecular flexibility index (Phi) is 4.21. The predicted molar refractivity (Wildman–Crippen MR) is 73.7 cm³/mol. The zero-order chi connectivity index (χ0) is 20.6. The van der Waals surface area contributed by atoms with Crippen LogP contribution in [0.1, 0.15) is 25.7 Å². The first-order valence-electron chi connectivity index (χ1n) is 7.88. The van der Waals surface area contributed by atoms with Crippen LogP contribution in [0, 0.1) is 23.2 Å². The number of ketones is 1. The highest BCUT2D eigenvalue weighted by atomic mass is 32.2. The van der Waals surface area contributed by atoms with Crippen LogP contribution in [0.25, 0.3) is 0 Å². The van der Waals surface area contributed by atoms with Gasteiger partial charge >= 0.3 is 23.9 Å². The van der Waals surface area contributed by atoms with Gasteiger partial charge in [-0.25, -0.2) is 0 Å². The molecule has 3 unspecified atom stereocenters. The van der Waals surface area contributed by atoms with E-state index in [2.05, 4.69) is 4.74 Å². The summed E-state index contributed by atoms with van der Waals surface area (Å²) in [4.78, 5) is 24.6. The Morgan fingerprint density at radius 3 is 2.15 bits per heavy atom. The molecule has 6 nitrogen and oxygen atoms in total. The van der Waals surface area contributed by atoms with Crippen molar-refractivity contribution in [2.75, 3.05) is 5.75 Å². The summed E-state index contributed by atoms with van der Waals surface area (Å²) in [5.74, 6) is -7.04. The van der Waals surface area contributed by atoms with E-state index in [0.29, 0.717) is 6.42 Å². The van der Waals surface area contributed by atoms with Crippen LogP contribution in [0.4, 0.5) is 26.3 Å². The molecule has 0 aromatic carbocycles. The summed E-state index contributed by atoms with van der Waals surface area (Å²) in [5.41, 5.74) is -7.24. The fourth-order valence-corrected chi connectivity index (χ4v) is 5.72. The van der Waals surface area contributed by atoms with E-state index >= 15 is 0 Å². The second kappa shape index (κ2) is 5.58. The third-order valence-electron chi connectivity index (χ3n) is 5.84. The highest BCUT2D eigenvalue weighted by Gasteiger charge is 2.77. The number of halogens is 6. The maximum absolute atomic E-state index is 13.3. The first kappa shape index (κ1) is 20.4. The molecule has 0 aromatic heterocycles. The second-order valence-electron chi connectivity index (χ2n) is 7.49. The molecule has 1 N–H and O–H groups in total. The van der Waals surface area contributed by atoms with Crippen LogP contribution < -0.4 is 0 Å². The number of carbonyl (C=O) groups excluding carboxylic acids is 2. The first-order valence-corrected chi connectivity index (χ1v) is 9.49. The Labute approximate surface area is 149 Å². The average Bonchev–Trinajstić information content (AvgIpc) is 2.82. The molecular formula is C14H14F6O6S. The van der Waals surface area contributed by atoms with Crippen molar-refractivity contribution in [3.05, 3.63) is 0 Å². The number of ether oxygens (including phenoxy) is 1. The van der Waals surface area contributed by atoms with Gasteiger partial charge in [-0.05, 0) is 31.6 Å². The van der Waals surface area contributed by atoms with E-state index < -0.39 is 57.0 Å². The van der Waals surface area contributed by atoms with Crippen molar-refractivity contribution in [3.8, 4) is 0 Å². The summed E-state index contributed by atoms with van der Waals surface area (Å²) in [6.07, 6.45) is -12.5. The van der Waals surface area contributed by atoms with Crippen molar-refractivity contribution < 1.29 is 53.6 Å². The Morgan fingerprint density at radius 2 is 1.67 bits per heavy atom. The highest BCUT2D eigenvalue weighted by Crippen LogP contribution is 2.65. The molecule has 0 radical (unpaired) electrons. The lowest BCUT2D eigenvalue weighted by Crippen LogP contribution is -2.64. The molecule has 4 atom stereocenters. The number of rotatable bonds is 4. The van der Waals surface area contributed by atoms with Gasteiger partial charge < -0.3 is 4.74 Å². The van der Waals surface area contributed by atoms with Crippen LogP contribution >= 0.6 is 0 Å². The minimum absolute atomic E-state index is 0.0869. The standard InChI is InChI=1S/C14H14F6O6S/c15-13(16,17)12(14(18,19)20,5-27(23,24)25)26-10(22)11-3-6-1-7(4-11)9(21)8(11)2-6/h6-8H,1-5H2,(H,23,24,25)/t6?,7?,8-,11?/m1/s1. The molecule has 0 aliphatic heterocycles. The Hall–Kier alpha value is -1.37. The fraction of sp³-hybridized carbons (Fsp3) is 0.857. The smallest absolute Gasteiger partial charge is 0.438 e. The number of carbonyl (C=O) groups is 2. The van der Waals surface area contributed by atoms with Crippen LogP contribution in [-0.2, 0) is 24.4 Å². The third kappa shape index (κ3) is 2.93. The zero-order valence-corrected chi connectivity index (χ0v) is 14.2. The van der Waals surface area contributed by atoms with Crippen LogP contribution in [-0.4, -0.2) is 48.4 Å². The monoisotopic (exact) mass is 424 g/mol. The van der Waals surface area contributed by atoms with Crippen LogP contribution in [0.5, 0.6) is 0 Å². The zero-order valence-electron chi connectivity index (χ0n) is 13.4. The van der Waals surface area contributed by atoms with Crippen molar-refractivity contribution in [2.45, 2.75) is 43.6 Å². The lowest BCUT2D eigenvalue weighted by Gasteiger charge is -2.39. The molecule has 4 aliphatic carbocycles. The highest BCUT2D eigenvalue weighted by molar-refractivity contribution is 7.85. The van der Waals surface area contributed by atoms with Gasteiger partial charge in [0.1, 0.15) is 11.5 Å². The maximum atomic E-state index is 13.3. The summed E-state index contributed by atoms with van der Waals surface area (Å²) in [6.45, 7) is 0. The van der Waals surface area contributed by atoms with E-state index in [9.17, 15) is 44.3 Å². The molecule has 4 fully saturated rings. The molecule has 0 aromatic rings. The van der Waals surface area contributed by atoms with Gasteiger partial charge in [-0.15, -0.1) is 0 Å². The van der Waals surface area contributed by atoms with Crippen molar-refractivity contribution in [1.82, 2.24) is 0 Å². The van der Waals surface area contributed by atoms with E-state index in [4.69, 9.17) is 4.55 Å². The molecule has 27 heavy (non-hydrogen) atoms. The Bertz CT molecular complexity index is 773. The maximum Gasteiger partial charge on any atom is 0.438 e. The molecule has 4 saturated carbocycles. The van der Waals surface area contributed by atoms with Crippen LogP contribution in [0.15, 0.2) is 0 Å². The predicted octanol–water partition coefficient (Wildman–Crippen LogP) is 2.29. The van der Waals surface area contributed by atoms with E-state index in [1.807, 2.05) is 0 Å². The minimum atomic E-state index is -6.37. The van der Waals surface area contributed by atoms with Gasteiger partial charge in [0.15, 0.2) is 0 Å². The number of hydrogen-bond donors (Lipinski definition) is 1. The van der Waals surface area contributed by atoms with E-state index in [0.717, 1.165) is 0 Å². The summed E-state index contributed by atoms with van der Waals surface area (Å²) in [5, 5.41) is 0. The largest absolute Gasteiger partial charge is 0.438 e. The van der Waals surface area contributed by atoms with Gasteiger partial charge in [-0.3, -0.25) is 14.1 Å². The summed E-state index contributed by atoms with van der Waals surface area (Å²) in [7, 11) is -5.84. The van der Waals surface area contributed by atoms with E-state index in [1.165, 1.54) is 0 Å². The van der Waals surface area contributed by atoms with Gasteiger partial charge in [-0.1, -0.05) is 0 Å². The third-order valence-corrected chi connectivity index (χ3v) is 6.61. The van der Waals surface area contributed by atoms with Gasteiger partial charge in [0.2, 0.25) is 0 Å². The van der Waals surface area contributed by atoms with Gasteiger partial charge in [0.25, 0.3) is 10.1 Å². The molecule has 0 amide bonds. The molecule has 0 saturated heterocycles. The number of alkyl halides is 6. The summed E-state index contributed by atoms with van der Waals surface area (Å²) in [6, 6.07) is 0. The molecule has 0 spiro atoms. The number of hydrogen-bond acceptors (Lipinski definition) is 5. The molecule has 154 valence electrons. The van der Waals surface area contributed by atoms with E-state index in [1.54, 1.807) is 0 Å². The minimum Gasteiger partial charge on any atom is -0.438 e. The lowest BCUT2D eigenvalue weighted by molar-refractivity contribution is -0.363. The van der Waals surface area contributed by atoms with Gasteiger partial charge in [-0.2, -0.15) is 34.8 Å². The van der Waals surface area contributed by atoms with Crippen molar-refractivity contribution in [1.29, 1.82) is 0 Å². The molecule has 13 heteroatoms. The molecule has 4 aliphatic rings. The van der Waals surface area contributed by atoms with Crippen LogP contribution in [0.3, 0.4) is 0 Å². The molecular weight excluding hydrogens is 410 g/mol. The van der Waals surface area contributed by atoms with Crippen molar-refractivity contribution in [3.63, 3.8) is 0 Å². The number of esters is 1. The molecule has 0 heterocycles. The van der Waals surface area contributed by atoms with Gasteiger partial charge in [0.05, 0.1) is 5.41 Å². The summed E-state index contributed by atoms with van der Waals surface area (Å²) >= 11 is 0. The Balaban J connectivity index is 2.03. The fourth-order valence-electron chi connectivity index (χ4n) is 4.82. The lowest BCUT2D eigenvalue weighted by atomic mass is 9.75. The average molecular weight is 424 g/mol. The van der Waals surface area contributed by atoms with Crippen molar-refractivity contribution >= 4 is 21.9 Å². The normalized spacial score (nSPS) is 33.6. The summed E-state index contributed by atoms with van der Waals surface area (Å²) < 4.78 is 114. The molecule has 4 bridgehead atoms. The first-order chi connectivity index (χ1) is 12.0. The van der Waals surface area contributed by atoms with E-state index in [-0.39, 0.29) is 31.0 Å². The Morgan fingerprint density at radius 1 is 1.11 bits per heavy atom. The quantitative estimate of drug-likeness (QED) is 0.423. The van der Waals surface area contributed by atoms with Crippen LogP contribution in [0.2, 0.25) is 0 Å². The SMILES string of the molecule is O=C1C2CC3C[C@H]1C(C(=O)OC(CS(=O)(=O)O)(C(F)(F)F)C(F)(F)F)(C3)C2. The number of Topliss-reactive ketones (excluding diaryl/α,β-unsaturated/α-hetero) is 1.